The smallest absolute Gasteiger partial charge is 0.0721 e. The number of rotatable bonds is 13. The van der Waals surface area contributed by atoms with E-state index in [1.807, 2.05) is 25.2 Å². The van der Waals surface area contributed by atoms with Gasteiger partial charge in [-0.05, 0) is 44.9 Å². The molecule has 0 aromatic heterocycles. The van der Waals surface area contributed by atoms with E-state index >= 15 is 0 Å². The maximum Gasteiger partial charge on any atom is 0.0721 e. The Morgan fingerprint density at radius 1 is 0.957 bits per heavy atom. The van der Waals surface area contributed by atoms with E-state index in [4.69, 9.17) is 0 Å². The van der Waals surface area contributed by atoms with Crippen molar-refractivity contribution in [3.63, 3.8) is 0 Å². The third kappa shape index (κ3) is 18.1. The quantitative estimate of drug-likeness (QED) is 0.320. The van der Waals surface area contributed by atoms with E-state index in [0.717, 1.165) is 32.1 Å². The van der Waals surface area contributed by atoms with Crippen LogP contribution in [0.3, 0.4) is 0 Å². The van der Waals surface area contributed by atoms with Gasteiger partial charge in [-0.1, -0.05) is 67.7 Å². The average molecular weight is 317 g/mol. The van der Waals surface area contributed by atoms with Gasteiger partial charge in [-0.15, -0.1) is 0 Å². The third-order valence-electron chi connectivity index (χ3n) is 3.07. The lowest BCUT2D eigenvalue weighted by Gasteiger charge is -1.97. The second-order valence-corrected chi connectivity index (χ2v) is 5.17. The first-order chi connectivity index (χ1) is 11.2. The number of carbonyl (C=O) groups excluding carboxylic acids is 1. The molecule has 0 unspecified atom stereocenters. The summed E-state index contributed by atoms with van der Waals surface area (Å²) >= 11 is 0. The number of carbonyl (C=O) groups is 1. The van der Waals surface area contributed by atoms with E-state index in [1.165, 1.54) is 0 Å². The zero-order valence-corrected chi connectivity index (χ0v) is 14.1. The Labute approximate surface area is 140 Å². The highest BCUT2D eigenvalue weighted by Crippen LogP contribution is 1.98. The van der Waals surface area contributed by atoms with E-state index in [0.29, 0.717) is 6.42 Å². The first-order valence-electron chi connectivity index (χ1n) is 8.33. The molecule has 0 aliphatic rings. The van der Waals surface area contributed by atoms with Crippen LogP contribution in [0.5, 0.6) is 0 Å². The van der Waals surface area contributed by atoms with Crippen LogP contribution in [0.4, 0.5) is 0 Å². The van der Waals surface area contributed by atoms with Gasteiger partial charge in [0.25, 0.3) is 0 Å². The molecule has 0 rings (SSSR count). The van der Waals surface area contributed by atoms with Gasteiger partial charge in [-0.2, -0.15) is 0 Å². The normalized spacial score (nSPS) is 14.2. The lowest BCUT2D eigenvalue weighted by molar-refractivity contribution is -0.305. The van der Waals surface area contributed by atoms with Gasteiger partial charge in [0.05, 0.1) is 6.10 Å². The number of unbranched alkanes of at least 4 members (excludes halogenated alkanes) is 1. The summed E-state index contributed by atoms with van der Waals surface area (Å²) in [4.78, 5) is 10.2. The average Bonchev–Trinajstić information content (AvgIpc) is 2.53. The van der Waals surface area contributed by atoms with Gasteiger partial charge in [0, 0.05) is 5.97 Å². The lowest BCUT2D eigenvalue weighted by Crippen LogP contribution is -2.21. The minimum Gasteiger partial charge on any atom is -0.550 e. The minimum atomic E-state index is -0.977. The van der Waals surface area contributed by atoms with Gasteiger partial charge in [0.2, 0.25) is 0 Å². The van der Waals surface area contributed by atoms with E-state index in [2.05, 4.69) is 36.5 Å². The monoisotopic (exact) mass is 317 g/mol. The van der Waals surface area contributed by atoms with Gasteiger partial charge < -0.3 is 15.0 Å². The standard InChI is InChI=1S/C20H30O3/c1-2-19(21)17-15-13-11-9-7-5-3-4-6-8-10-12-14-16-18-20(22)23/h4-7,10-13,15,17,19,21H,2-3,8-9,14,16,18H2,1H3,(H,22,23)/p-1/b6-4-,7-5-,12-10-,13-11-,17-15+/t19-/m0/s1. The number of hydrogen-bond acceptors (Lipinski definition) is 3. The Balaban J connectivity index is 3.55. The molecule has 128 valence electrons. The number of aliphatic hydroxyl groups is 1. The van der Waals surface area contributed by atoms with Crippen LogP contribution in [0.2, 0.25) is 0 Å². The second kappa shape index (κ2) is 16.5. The first kappa shape index (κ1) is 21.1. The summed E-state index contributed by atoms with van der Waals surface area (Å²) in [5, 5.41) is 19.5. The molecule has 3 nitrogen and oxygen atoms in total. The van der Waals surface area contributed by atoms with Crippen molar-refractivity contribution < 1.29 is 15.0 Å². The molecule has 0 aromatic carbocycles. The van der Waals surface area contributed by atoms with Crippen LogP contribution in [0.1, 0.15) is 51.9 Å². The molecule has 0 aliphatic heterocycles. The molecule has 0 bridgehead atoms. The Hall–Kier alpha value is -1.87. The van der Waals surface area contributed by atoms with Gasteiger partial charge in [-0.3, -0.25) is 0 Å². The molecule has 0 radical (unpaired) electrons. The number of aliphatic hydroxyl groups excluding tert-OH is 1. The number of carboxylic acid groups (broad SMARTS) is 1. The zero-order valence-electron chi connectivity index (χ0n) is 14.1. The molecule has 23 heavy (non-hydrogen) atoms. The molecule has 0 spiro atoms. The van der Waals surface area contributed by atoms with Crippen molar-refractivity contribution in [3.05, 3.63) is 60.8 Å². The van der Waals surface area contributed by atoms with E-state index < -0.39 is 5.97 Å². The summed E-state index contributed by atoms with van der Waals surface area (Å²) < 4.78 is 0. The predicted molar refractivity (Wildman–Crippen MR) is 94.7 cm³/mol. The SMILES string of the molecule is CC[C@H](O)/C=C/C=C\C/C=C\C/C=C\C/C=C\CCCC(=O)[O-]. The molecule has 3 heteroatoms. The molecule has 0 aliphatic carbocycles. The van der Waals surface area contributed by atoms with Gasteiger partial charge >= 0.3 is 0 Å². The minimum absolute atomic E-state index is 0.133. The topological polar surface area (TPSA) is 60.4 Å². The molecule has 0 heterocycles. The number of allylic oxidation sites excluding steroid dienone is 9. The molecule has 1 atom stereocenters. The number of carboxylic acids is 1. The van der Waals surface area contributed by atoms with Crippen LogP contribution in [0, 0.1) is 0 Å². The summed E-state index contributed by atoms with van der Waals surface area (Å²) in [6, 6.07) is 0. The van der Waals surface area contributed by atoms with Crippen molar-refractivity contribution >= 4 is 5.97 Å². The van der Waals surface area contributed by atoms with Crippen LogP contribution in [-0.2, 0) is 4.79 Å². The van der Waals surface area contributed by atoms with E-state index in [-0.39, 0.29) is 12.5 Å². The maximum atomic E-state index is 10.2. The molecular weight excluding hydrogens is 288 g/mol. The molecular formula is C20H29O3-. The Morgan fingerprint density at radius 3 is 2.09 bits per heavy atom. The third-order valence-corrected chi connectivity index (χ3v) is 3.07. The Kier molecular flexibility index (Phi) is 15.2. The summed E-state index contributed by atoms with van der Waals surface area (Å²) in [5.41, 5.74) is 0. The molecule has 0 aromatic rings. The van der Waals surface area contributed by atoms with E-state index in [9.17, 15) is 15.0 Å². The largest absolute Gasteiger partial charge is 0.550 e. The fraction of sp³-hybridized carbons (Fsp3) is 0.450. The Morgan fingerprint density at radius 2 is 1.52 bits per heavy atom. The number of hydrogen-bond donors (Lipinski definition) is 1. The summed E-state index contributed by atoms with van der Waals surface area (Å²) in [5.74, 6) is -0.977. The molecule has 0 amide bonds. The molecule has 0 saturated heterocycles. The first-order valence-corrected chi connectivity index (χ1v) is 8.33. The lowest BCUT2D eigenvalue weighted by atomic mass is 10.2. The summed E-state index contributed by atoms with van der Waals surface area (Å²) in [7, 11) is 0. The van der Waals surface area contributed by atoms with Crippen molar-refractivity contribution in [2.75, 3.05) is 0 Å². The van der Waals surface area contributed by atoms with Crippen LogP contribution in [0.15, 0.2) is 60.8 Å². The van der Waals surface area contributed by atoms with Crippen molar-refractivity contribution in [2.45, 2.75) is 58.0 Å². The highest BCUT2D eigenvalue weighted by atomic mass is 16.4. The molecule has 0 fully saturated rings. The fourth-order valence-electron chi connectivity index (χ4n) is 1.68. The Bertz CT molecular complexity index is 428. The highest BCUT2D eigenvalue weighted by molar-refractivity contribution is 5.64. The van der Waals surface area contributed by atoms with Crippen molar-refractivity contribution in [1.82, 2.24) is 0 Å². The highest BCUT2D eigenvalue weighted by Gasteiger charge is 1.89. The van der Waals surface area contributed by atoms with Crippen LogP contribution in [-0.4, -0.2) is 17.2 Å². The van der Waals surface area contributed by atoms with Crippen molar-refractivity contribution in [3.8, 4) is 0 Å². The van der Waals surface area contributed by atoms with Crippen LogP contribution < -0.4 is 5.11 Å². The van der Waals surface area contributed by atoms with Gasteiger partial charge in [0.1, 0.15) is 0 Å². The maximum absolute atomic E-state index is 10.2. The predicted octanol–water partition coefficient (Wildman–Crippen LogP) is 3.63. The molecule has 1 N–H and O–H groups in total. The summed E-state index contributed by atoms with van der Waals surface area (Å²) in [6.45, 7) is 1.95. The van der Waals surface area contributed by atoms with Gasteiger partial charge in [-0.25, -0.2) is 0 Å². The van der Waals surface area contributed by atoms with Crippen molar-refractivity contribution in [1.29, 1.82) is 0 Å². The van der Waals surface area contributed by atoms with Crippen LogP contribution in [0.25, 0.3) is 0 Å². The summed E-state index contributed by atoms with van der Waals surface area (Å²) in [6.07, 6.45) is 24.8. The fourth-order valence-corrected chi connectivity index (χ4v) is 1.68. The van der Waals surface area contributed by atoms with E-state index in [1.54, 1.807) is 6.08 Å². The molecule has 0 saturated carbocycles. The second-order valence-electron chi connectivity index (χ2n) is 5.17. The zero-order chi connectivity index (χ0) is 17.2. The van der Waals surface area contributed by atoms with Crippen molar-refractivity contribution in [2.24, 2.45) is 0 Å². The van der Waals surface area contributed by atoms with Crippen LogP contribution >= 0.6 is 0 Å². The van der Waals surface area contributed by atoms with Gasteiger partial charge in [0.15, 0.2) is 0 Å². The number of aliphatic carboxylic acids is 1.